The highest BCUT2D eigenvalue weighted by Gasteiger charge is 2.14. The van der Waals surface area contributed by atoms with Crippen LogP contribution in [0.15, 0.2) is 42.5 Å². The molecule has 0 radical (unpaired) electrons. The standard InChI is InChI=1S/C14H11ClN2O2S/c15-8-5-6-12(18)10(7-8)14(19)17-11-4-2-1-3-9(11)13(16)20/h1-7,18H,(H2,16,20)(H,17,19). The van der Waals surface area contributed by atoms with Crippen LogP contribution in [-0.2, 0) is 0 Å². The van der Waals surface area contributed by atoms with Crippen LogP contribution in [-0.4, -0.2) is 16.0 Å². The molecular formula is C14H11ClN2O2S. The highest BCUT2D eigenvalue weighted by Crippen LogP contribution is 2.23. The Hall–Kier alpha value is -2.11. The first-order chi connectivity index (χ1) is 9.49. The van der Waals surface area contributed by atoms with Gasteiger partial charge in [-0.05, 0) is 30.3 Å². The fourth-order valence-electron chi connectivity index (χ4n) is 1.69. The molecule has 2 aromatic rings. The van der Waals surface area contributed by atoms with Gasteiger partial charge in [-0.2, -0.15) is 0 Å². The topological polar surface area (TPSA) is 75.3 Å². The number of phenols is 1. The number of amides is 1. The van der Waals surface area contributed by atoms with E-state index in [2.05, 4.69) is 5.32 Å². The fraction of sp³-hybridized carbons (Fsp3) is 0. The van der Waals surface area contributed by atoms with Gasteiger partial charge < -0.3 is 16.2 Å². The largest absolute Gasteiger partial charge is 0.507 e. The van der Waals surface area contributed by atoms with Gasteiger partial charge in [0.25, 0.3) is 5.91 Å². The van der Waals surface area contributed by atoms with Gasteiger partial charge in [0.05, 0.1) is 11.3 Å². The number of halogens is 1. The highest BCUT2D eigenvalue weighted by molar-refractivity contribution is 7.80. The maximum absolute atomic E-state index is 12.1. The Kier molecular flexibility index (Phi) is 4.22. The van der Waals surface area contributed by atoms with Crippen LogP contribution >= 0.6 is 23.8 Å². The Morgan fingerprint density at radius 2 is 1.90 bits per heavy atom. The Balaban J connectivity index is 2.33. The molecule has 0 heterocycles. The summed E-state index contributed by atoms with van der Waals surface area (Å²) in [5.41, 5.74) is 6.70. The number of phenolic OH excluding ortho intramolecular Hbond substituents is 1. The molecule has 0 bridgehead atoms. The fourth-order valence-corrected chi connectivity index (χ4v) is 2.04. The molecule has 4 nitrogen and oxygen atoms in total. The highest BCUT2D eigenvalue weighted by atomic mass is 35.5. The van der Waals surface area contributed by atoms with Crippen molar-refractivity contribution in [3.05, 3.63) is 58.6 Å². The number of carbonyl (C=O) groups is 1. The minimum Gasteiger partial charge on any atom is -0.507 e. The molecule has 0 saturated carbocycles. The second-order valence-electron chi connectivity index (χ2n) is 4.03. The molecule has 0 saturated heterocycles. The molecule has 0 aromatic heterocycles. The molecule has 0 aliphatic rings. The van der Waals surface area contributed by atoms with Crippen LogP contribution in [0.4, 0.5) is 5.69 Å². The van der Waals surface area contributed by atoms with Crippen molar-refractivity contribution in [1.29, 1.82) is 0 Å². The lowest BCUT2D eigenvalue weighted by Gasteiger charge is -2.11. The molecule has 102 valence electrons. The van der Waals surface area contributed by atoms with Crippen LogP contribution in [0, 0.1) is 0 Å². The molecule has 1 amide bonds. The van der Waals surface area contributed by atoms with E-state index < -0.39 is 5.91 Å². The smallest absolute Gasteiger partial charge is 0.259 e. The molecule has 2 aromatic carbocycles. The summed E-state index contributed by atoms with van der Waals surface area (Å²) in [6.07, 6.45) is 0. The quantitative estimate of drug-likeness (QED) is 0.762. The number of nitrogens with one attached hydrogen (secondary N) is 1. The zero-order valence-electron chi connectivity index (χ0n) is 10.3. The predicted molar refractivity (Wildman–Crippen MR) is 83.4 cm³/mol. The first-order valence-electron chi connectivity index (χ1n) is 5.67. The molecule has 0 spiro atoms. The van der Waals surface area contributed by atoms with Gasteiger partial charge in [-0.3, -0.25) is 4.79 Å². The van der Waals surface area contributed by atoms with Crippen LogP contribution in [0.25, 0.3) is 0 Å². The van der Waals surface area contributed by atoms with E-state index in [1.165, 1.54) is 18.2 Å². The van der Waals surface area contributed by atoms with Crippen LogP contribution in [0.3, 0.4) is 0 Å². The average Bonchev–Trinajstić information content (AvgIpc) is 2.41. The number of thiocarbonyl (C=S) groups is 1. The van der Waals surface area contributed by atoms with E-state index in [9.17, 15) is 9.90 Å². The van der Waals surface area contributed by atoms with Gasteiger partial charge in [0.2, 0.25) is 0 Å². The van der Waals surface area contributed by atoms with E-state index in [0.29, 0.717) is 16.3 Å². The number of hydrogen-bond donors (Lipinski definition) is 3. The van der Waals surface area contributed by atoms with Crippen LogP contribution in [0.1, 0.15) is 15.9 Å². The molecule has 0 aliphatic heterocycles. The lowest BCUT2D eigenvalue weighted by Crippen LogP contribution is -2.17. The third kappa shape index (κ3) is 3.07. The lowest BCUT2D eigenvalue weighted by atomic mass is 10.1. The Morgan fingerprint density at radius 3 is 2.60 bits per heavy atom. The maximum Gasteiger partial charge on any atom is 0.259 e. The van der Waals surface area contributed by atoms with E-state index in [0.717, 1.165) is 0 Å². The van der Waals surface area contributed by atoms with Crippen molar-refractivity contribution in [3.8, 4) is 5.75 Å². The summed E-state index contributed by atoms with van der Waals surface area (Å²) in [4.78, 5) is 12.3. The maximum atomic E-state index is 12.1. The molecular weight excluding hydrogens is 296 g/mol. The SMILES string of the molecule is NC(=S)c1ccccc1NC(=O)c1cc(Cl)ccc1O. The van der Waals surface area contributed by atoms with Gasteiger partial charge in [-0.25, -0.2) is 0 Å². The molecule has 0 atom stereocenters. The van der Waals surface area contributed by atoms with Gasteiger partial charge in [-0.1, -0.05) is 36.0 Å². The second kappa shape index (κ2) is 5.90. The van der Waals surface area contributed by atoms with Gasteiger partial charge in [0.1, 0.15) is 10.7 Å². The van der Waals surface area contributed by atoms with Gasteiger partial charge in [0, 0.05) is 10.6 Å². The van der Waals surface area contributed by atoms with Crippen LogP contribution in [0.5, 0.6) is 5.75 Å². The number of hydrogen-bond acceptors (Lipinski definition) is 3. The lowest BCUT2D eigenvalue weighted by molar-refractivity contribution is 0.102. The van der Waals surface area contributed by atoms with Gasteiger partial charge in [0.15, 0.2) is 0 Å². The molecule has 6 heteroatoms. The Labute approximate surface area is 126 Å². The molecule has 20 heavy (non-hydrogen) atoms. The summed E-state index contributed by atoms with van der Waals surface area (Å²) in [5.74, 6) is -0.645. The molecule has 0 unspecified atom stereocenters. The van der Waals surface area contributed by atoms with E-state index in [1.807, 2.05) is 0 Å². The summed E-state index contributed by atoms with van der Waals surface area (Å²) in [5, 5.41) is 12.7. The number of rotatable bonds is 3. The van der Waals surface area contributed by atoms with Crippen molar-refractivity contribution in [2.45, 2.75) is 0 Å². The van der Waals surface area contributed by atoms with E-state index >= 15 is 0 Å². The summed E-state index contributed by atoms with van der Waals surface area (Å²) in [6.45, 7) is 0. The monoisotopic (exact) mass is 306 g/mol. The van der Waals surface area contributed by atoms with Crippen molar-refractivity contribution in [2.75, 3.05) is 5.32 Å². The normalized spacial score (nSPS) is 10.1. The van der Waals surface area contributed by atoms with E-state index in [-0.39, 0.29) is 16.3 Å². The number of nitrogens with two attached hydrogens (primary N) is 1. The molecule has 4 N–H and O–H groups in total. The Bertz CT molecular complexity index is 689. The second-order valence-corrected chi connectivity index (χ2v) is 4.90. The van der Waals surface area contributed by atoms with Crippen molar-refractivity contribution in [2.24, 2.45) is 5.73 Å². The summed E-state index contributed by atoms with van der Waals surface area (Å²) in [7, 11) is 0. The average molecular weight is 307 g/mol. The number of para-hydroxylation sites is 1. The molecule has 0 aliphatic carbocycles. The third-order valence-electron chi connectivity index (χ3n) is 2.64. The minimum atomic E-state index is -0.492. The number of anilines is 1. The summed E-state index contributed by atoms with van der Waals surface area (Å²) >= 11 is 10.7. The van der Waals surface area contributed by atoms with Crippen molar-refractivity contribution >= 4 is 40.4 Å². The zero-order chi connectivity index (χ0) is 14.7. The predicted octanol–water partition coefficient (Wildman–Crippen LogP) is 2.93. The van der Waals surface area contributed by atoms with Crippen LogP contribution in [0.2, 0.25) is 5.02 Å². The first kappa shape index (κ1) is 14.3. The van der Waals surface area contributed by atoms with Gasteiger partial charge in [-0.15, -0.1) is 0 Å². The zero-order valence-corrected chi connectivity index (χ0v) is 11.8. The Morgan fingerprint density at radius 1 is 1.20 bits per heavy atom. The minimum absolute atomic E-state index is 0.0789. The first-order valence-corrected chi connectivity index (χ1v) is 6.46. The van der Waals surface area contributed by atoms with Crippen molar-refractivity contribution in [3.63, 3.8) is 0 Å². The van der Waals surface area contributed by atoms with E-state index in [1.54, 1.807) is 24.3 Å². The van der Waals surface area contributed by atoms with Gasteiger partial charge >= 0.3 is 0 Å². The molecule has 0 fully saturated rings. The molecule has 2 rings (SSSR count). The van der Waals surface area contributed by atoms with Crippen LogP contribution < -0.4 is 11.1 Å². The third-order valence-corrected chi connectivity index (χ3v) is 3.10. The van der Waals surface area contributed by atoms with Crippen molar-refractivity contribution < 1.29 is 9.90 Å². The summed E-state index contributed by atoms with van der Waals surface area (Å²) < 4.78 is 0. The number of aromatic hydroxyl groups is 1. The summed E-state index contributed by atoms with van der Waals surface area (Å²) in [6, 6.07) is 11.1. The number of carbonyl (C=O) groups excluding carboxylic acids is 1. The van der Waals surface area contributed by atoms with E-state index in [4.69, 9.17) is 29.6 Å². The van der Waals surface area contributed by atoms with Crippen molar-refractivity contribution in [1.82, 2.24) is 0 Å². The number of benzene rings is 2.